The number of fused-ring (bicyclic) bond motifs is 2. The van der Waals surface area contributed by atoms with Crippen molar-refractivity contribution in [2.45, 2.75) is 66.4 Å². The predicted molar refractivity (Wildman–Crippen MR) is 138 cm³/mol. The number of amides is 1. The molecule has 3 aromatic rings. The standard InChI is InChI=1S/C29H34ClN3O/c1-18-6-8-20(9-7-18)17-33-25(21-10-11-23(30)19(2)14-21)15-24(32-33)26(34)31-27-28(3,4)22-12-13-29(27,5)16-22/h6-11,14-15,22,27H,12-13,16-17H2,1-5H3,(H,31,34)/t22-,27-,29+/m0/s1/i1D3,6D,7D,8D,9D. The van der Waals surface area contributed by atoms with Crippen molar-refractivity contribution in [2.24, 2.45) is 16.7 Å². The average molecular weight is 483 g/mol. The monoisotopic (exact) mass is 482 g/mol. The van der Waals surface area contributed by atoms with Crippen molar-refractivity contribution in [3.8, 4) is 11.3 Å². The summed E-state index contributed by atoms with van der Waals surface area (Å²) in [6.07, 6.45) is 3.29. The highest BCUT2D eigenvalue weighted by molar-refractivity contribution is 6.31. The van der Waals surface area contributed by atoms with Crippen molar-refractivity contribution in [3.63, 3.8) is 0 Å². The largest absolute Gasteiger partial charge is 0.347 e. The molecule has 1 aromatic heterocycles. The quantitative estimate of drug-likeness (QED) is 0.434. The van der Waals surface area contributed by atoms with Gasteiger partial charge in [-0.2, -0.15) is 5.10 Å². The van der Waals surface area contributed by atoms with E-state index in [0.29, 0.717) is 22.2 Å². The summed E-state index contributed by atoms with van der Waals surface area (Å²) in [6.45, 7) is 5.51. The molecule has 2 fully saturated rings. The van der Waals surface area contributed by atoms with E-state index >= 15 is 0 Å². The van der Waals surface area contributed by atoms with Crippen LogP contribution in [0.3, 0.4) is 0 Å². The highest BCUT2D eigenvalue weighted by atomic mass is 35.5. The molecule has 0 unspecified atom stereocenters. The maximum Gasteiger partial charge on any atom is 0.272 e. The first-order valence-electron chi connectivity index (χ1n) is 15.2. The molecule has 1 amide bonds. The van der Waals surface area contributed by atoms with Crippen molar-refractivity contribution >= 4 is 17.5 Å². The van der Waals surface area contributed by atoms with E-state index < -0.39 is 36.6 Å². The van der Waals surface area contributed by atoms with Crippen LogP contribution in [0, 0.1) is 30.5 Å². The third kappa shape index (κ3) is 3.96. The van der Waals surface area contributed by atoms with Crippen LogP contribution < -0.4 is 5.32 Å². The highest BCUT2D eigenvalue weighted by Gasteiger charge is 2.59. The second-order valence-electron chi connectivity index (χ2n) is 10.7. The van der Waals surface area contributed by atoms with E-state index in [2.05, 4.69) is 31.2 Å². The number of nitrogens with one attached hydrogen (secondary N) is 1. The Labute approximate surface area is 217 Å². The molecule has 2 saturated carbocycles. The number of halogens is 1. The fourth-order valence-corrected chi connectivity index (χ4v) is 6.24. The fourth-order valence-electron chi connectivity index (χ4n) is 6.12. The summed E-state index contributed by atoms with van der Waals surface area (Å²) in [7, 11) is 0. The lowest BCUT2D eigenvalue weighted by molar-refractivity contribution is 0.0732. The molecule has 34 heavy (non-hydrogen) atoms. The van der Waals surface area contributed by atoms with Crippen LogP contribution in [0.25, 0.3) is 11.3 Å². The fraction of sp³-hybridized carbons (Fsp3) is 0.448. The predicted octanol–water partition coefficient (Wildman–Crippen LogP) is 6.81. The first-order valence-corrected chi connectivity index (χ1v) is 12.1. The second kappa shape index (κ2) is 8.27. The van der Waals surface area contributed by atoms with Gasteiger partial charge < -0.3 is 5.32 Å². The van der Waals surface area contributed by atoms with Crippen LogP contribution in [0.5, 0.6) is 0 Å². The number of rotatable bonds is 5. The summed E-state index contributed by atoms with van der Waals surface area (Å²) < 4.78 is 58.2. The lowest BCUT2D eigenvalue weighted by Gasteiger charge is -2.42. The van der Waals surface area contributed by atoms with Gasteiger partial charge in [-0.3, -0.25) is 9.48 Å². The van der Waals surface area contributed by atoms with E-state index in [-0.39, 0.29) is 40.6 Å². The molecule has 4 nitrogen and oxygen atoms in total. The van der Waals surface area contributed by atoms with Crippen molar-refractivity contribution in [1.82, 2.24) is 15.1 Å². The Morgan fingerprint density at radius 3 is 2.68 bits per heavy atom. The van der Waals surface area contributed by atoms with Gasteiger partial charge in [-0.25, -0.2) is 0 Å². The molecule has 178 valence electrons. The second-order valence-corrected chi connectivity index (χ2v) is 11.1. The first-order chi connectivity index (χ1) is 19.0. The first kappa shape index (κ1) is 16.1. The number of carbonyl (C=O) groups is 1. The summed E-state index contributed by atoms with van der Waals surface area (Å²) in [4.78, 5) is 13.7. The Bertz CT molecular complexity index is 1530. The molecule has 2 aliphatic carbocycles. The molecule has 2 aliphatic rings. The Morgan fingerprint density at radius 2 is 2.03 bits per heavy atom. The third-order valence-corrected chi connectivity index (χ3v) is 8.42. The van der Waals surface area contributed by atoms with E-state index in [1.54, 1.807) is 18.2 Å². The maximum atomic E-state index is 13.7. The lowest BCUT2D eigenvalue weighted by Crippen LogP contribution is -2.52. The van der Waals surface area contributed by atoms with Crippen molar-refractivity contribution in [1.29, 1.82) is 0 Å². The van der Waals surface area contributed by atoms with Gasteiger partial charge in [0.05, 0.1) is 17.7 Å². The zero-order valence-electron chi connectivity index (χ0n) is 27.0. The van der Waals surface area contributed by atoms with Gasteiger partial charge in [-0.1, -0.05) is 68.2 Å². The number of hydrogen-bond acceptors (Lipinski definition) is 2. The van der Waals surface area contributed by atoms with Gasteiger partial charge in [0.25, 0.3) is 5.91 Å². The number of carbonyl (C=O) groups excluding carboxylic acids is 1. The van der Waals surface area contributed by atoms with Gasteiger partial charge in [-0.15, -0.1) is 0 Å². The average Bonchev–Trinajstić information content (AvgIpc) is 3.53. The Morgan fingerprint density at radius 1 is 1.26 bits per heavy atom. The van der Waals surface area contributed by atoms with Crippen molar-refractivity contribution in [2.75, 3.05) is 0 Å². The number of aromatic nitrogens is 2. The number of hydrogen-bond donors (Lipinski definition) is 1. The summed E-state index contributed by atoms with van der Waals surface area (Å²) in [5, 5.41) is 8.43. The van der Waals surface area contributed by atoms with E-state index in [0.717, 1.165) is 24.8 Å². The Kier molecular flexibility index (Phi) is 3.93. The summed E-state index contributed by atoms with van der Waals surface area (Å²) >= 11 is 6.26. The van der Waals surface area contributed by atoms with Crippen molar-refractivity contribution < 1.29 is 14.4 Å². The molecule has 0 radical (unpaired) electrons. The Balaban J connectivity index is 1.58. The van der Waals surface area contributed by atoms with Gasteiger partial charge in [0.15, 0.2) is 5.69 Å². The SMILES string of the molecule is [2H]c1c([2H])c(C([2H])([2H])[2H])c([2H])c([2H])c1Cn1nc(C(=O)N[C@H]2C(C)(C)[C@H]3CC[C@]2(C)C3)cc1-c1ccc(Cl)c(C)c1. The molecule has 5 heteroatoms. The number of benzene rings is 2. The molecule has 1 heterocycles. The minimum absolute atomic E-state index is 0.0162. The number of aryl methyl sites for hydroxylation is 1. The smallest absolute Gasteiger partial charge is 0.272 e. The maximum absolute atomic E-state index is 13.7. The van der Waals surface area contributed by atoms with Crippen LogP contribution in [0.1, 0.15) is 76.8 Å². The Hall–Kier alpha value is -2.59. The molecular weight excluding hydrogens is 442 g/mol. The summed E-state index contributed by atoms with van der Waals surface area (Å²) in [5.41, 5.74) is 1.55. The molecule has 0 saturated heterocycles. The van der Waals surface area contributed by atoms with Gasteiger partial charge in [0.1, 0.15) is 0 Å². The minimum atomic E-state index is -2.80. The van der Waals surface area contributed by atoms with E-state index in [1.165, 1.54) is 4.68 Å². The highest BCUT2D eigenvalue weighted by Crippen LogP contribution is 2.62. The van der Waals surface area contributed by atoms with E-state index in [9.17, 15) is 4.79 Å². The zero-order valence-corrected chi connectivity index (χ0v) is 20.7. The van der Waals surface area contributed by atoms with Crippen LogP contribution in [0.2, 0.25) is 5.02 Å². The molecule has 5 rings (SSSR count). The lowest BCUT2D eigenvalue weighted by atomic mass is 9.68. The zero-order chi connectivity index (χ0) is 30.2. The van der Waals surface area contributed by atoms with Gasteiger partial charge in [0, 0.05) is 20.7 Å². The molecule has 2 aromatic carbocycles. The van der Waals surface area contributed by atoms with Gasteiger partial charge >= 0.3 is 0 Å². The summed E-state index contributed by atoms with van der Waals surface area (Å²) in [5.74, 6) is 0.227. The molecule has 2 bridgehead atoms. The van der Waals surface area contributed by atoms with Crippen LogP contribution in [0.4, 0.5) is 0 Å². The van der Waals surface area contributed by atoms with Crippen LogP contribution in [-0.2, 0) is 6.54 Å². The van der Waals surface area contributed by atoms with Crippen molar-refractivity contribution in [3.05, 3.63) is 75.8 Å². The van der Waals surface area contributed by atoms with Gasteiger partial charge in [-0.05, 0) is 79.1 Å². The summed E-state index contributed by atoms with van der Waals surface area (Å²) in [6, 6.07) is 4.90. The molecule has 1 N–H and O–H groups in total. The topological polar surface area (TPSA) is 46.9 Å². The molecule has 0 spiro atoms. The third-order valence-electron chi connectivity index (χ3n) is 8.00. The van der Waals surface area contributed by atoms with Crippen LogP contribution in [-0.4, -0.2) is 21.7 Å². The van der Waals surface area contributed by atoms with E-state index in [1.807, 2.05) is 13.0 Å². The molecular formula is C29H34ClN3O. The van der Waals surface area contributed by atoms with Crippen LogP contribution >= 0.6 is 11.6 Å². The normalized spacial score (nSPS) is 28.3. The molecule has 3 atom stereocenters. The van der Waals surface area contributed by atoms with Gasteiger partial charge in [0.2, 0.25) is 0 Å². The van der Waals surface area contributed by atoms with Crippen LogP contribution in [0.15, 0.2) is 48.4 Å². The number of nitrogens with zero attached hydrogens (tertiary/aromatic N) is 2. The van der Waals surface area contributed by atoms with E-state index in [4.69, 9.17) is 21.2 Å². The minimum Gasteiger partial charge on any atom is -0.347 e. The molecule has 0 aliphatic heterocycles.